The first-order valence-corrected chi connectivity index (χ1v) is 27.7. The van der Waals surface area contributed by atoms with Crippen LogP contribution in [0.25, 0.3) is 11.4 Å². The topological polar surface area (TPSA) is 22.8 Å². The molecule has 3 nitrogen and oxygen atoms in total. The van der Waals surface area contributed by atoms with Crippen LogP contribution in [0.15, 0.2) is 67.1 Å². The maximum atomic E-state index is 8.09. The van der Waals surface area contributed by atoms with Gasteiger partial charge in [0, 0.05) is 0 Å². The van der Waals surface area contributed by atoms with E-state index < -0.39 is 13.0 Å². The second-order valence-electron chi connectivity index (χ2n) is 15.6. The van der Waals surface area contributed by atoms with Gasteiger partial charge in [-0.2, -0.15) is 0 Å². The molecule has 0 unspecified atom stereocenters. The third-order valence-corrected chi connectivity index (χ3v) is 17.6. The molecule has 309 valence electrons. The Morgan fingerprint density at radius 1 is 0.491 bits per heavy atom. The number of halogens is 3. The SMILES string of the molecule is CCCC(CCC)c1cccc(C(CCC)CCC)c1-n1ccn(-c2c(C(CCC)CCC)cccc2C(CCC)CCC)[c]1=[Pd]([Cl])([Cl])[c]1ncccc1Cl. The Labute approximate surface area is 351 Å². The zero-order valence-corrected chi connectivity index (χ0v) is 39.1. The summed E-state index contributed by atoms with van der Waals surface area (Å²) in [5.41, 5.74) is 8.19. The quantitative estimate of drug-likeness (QED) is 0.0680. The van der Waals surface area contributed by atoms with Crippen molar-refractivity contribution in [2.45, 2.75) is 182 Å². The summed E-state index contributed by atoms with van der Waals surface area (Å²) in [7, 11) is 16.2. The van der Waals surface area contributed by atoms with E-state index in [-0.39, 0.29) is 0 Å². The standard InChI is InChI=1S/C43H68N2.C5H3ClN.2ClH.Pd/c1-9-19-34(20-10-2)38-27-17-28-39(35(21-11-3)22-12-4)42(38)44-31-32-45(33-44)43-40(36(23-13-5)24-14-6)29-18-30-41(43)37(25-15-7)26-16-8;6-5-2-1-3-7-4-5;;;/h17-18,27-32,34-37H,9-16,19-26H2,1-8H3;1-3H;2*1H;/q;;;;+2/p-2. The van der Waals surface area contributed by atoms with Crippen LogP contribution in [0.5, 0.6) is 0 Å². The summed E-state index contributed by atoms with van der Waals surface area (Å²) in [4.78, 5) is 4.89. The molecular weight excluding hydrogens is 831 g/mol. The number of nitrogens with zero attached hydrogens (tertiary/aromatic N) is 3. The van der Waals surface area contributed by atoms with Gasteiger partial charge in [0.1, 0.15) is 0 Å². The summed E-state index contributed by atoms with van der Waals surface area (Å²) in [5.74, 6) is 1.72. The molecule has 0 spiro atoms. The predicted molar refractivity (Wildman–Crippen MR) is 239 cm³/mol. The fraction of sp³-hybridized carbons (Fsp3) is 0.583. The monoisotopic (exact) mass is 900 g/mol. The van der Waals surface area contributed by atoms with Crippen LogP contribution >= 0.6 is 30.7 Å². The Kier molecular flexibility index (Phi) is 19.3. The van der Waals surface area contributed by atoms with E-state index in [0.717, 1.165) is 107 Å². The van der Waals surface area contributed by atoms with E-state index in [1.807, 2.05) is 12.1 Å². The van der Waals surface area contributed by atoms with Crippen LogP contribution in [0.2, 0.25) is 5.02 Å². The summed E-state index contributed by atoms with van der Waals surface area (Å²) < 4.78 is 6.41. The van der Waals surface area contributed by atoms with Crippen LogP contribution in [-0.4, -0.2) is 14.1 Å². The normalized spacial score (nSPS) is 12.6. The number of para-hydroxylation sites is 2. The number of aromatic nitrogens is 3. The minimum absolute atomic E-state index is 0.430. The van der Waals surface area contributed by atoms with Gasteiger partial charge in [-0.3, -0.25) is 0 Å². The molecule has 4 rings (SSSR count). The number of rotatable bonds is 23. The third-order valence-electron chi connectivity index (χ3n) is 11.3. The molecule has 0 saturated carbocycles. The average Bonchev–Trinajstić information content (AvgIpc) is 3.63. The second kappa shape index (κ2) is 23.1. The van der Waals surface area contributed by atoms with Crippen molar-refractivity contribution < 1.29 is 13.0 Å². The van der Waals surface area contributed by atoms with Gasteiger partial charge < -0.3 is 0 Å². The molecule has 0 saturated heterocycles. The first-order chi connectivity index (χ1) is 26.7. The van der Waals surface area contributed by atoms with Crippen LogP contribution in [-0.2, 0) is 13.0 Å². The zero-order chi connectivity index (χ0) is 40.0. The van der Waals surface area contributed by atoms with Crippen molar-refractivity contribution in [2.75, 3.05) is 0 Å². The number of imidazole rings is 1. The molecule has 0 aliphatic rings. The van der Waals surface area contributed by atoms with Gasteiger partial charge in [0.05, 0.1) is 0 Å². The first-order valence-electron chi connectivity index (χ1n) is 21.7. The van der Waals surface area contributed by atoms with Crippen molar-refractivity contribution >= 4 is 34.8 Å². The molecule has 0 atom stereocenters. The van der Waals surface area contributed by atoms with Crippen LogP contribution in [0.4, 0.5) is 0 Å². The molecule has 0 aliphatic heterocycles. The molecular formula is C48H71Cl3N3Pd. The van der Waals surface area contributed by atoms with Gasteiger partial charge in [-0.05, 0) is 0 Å². The predicted octanol–water partition coefficient (Wildman–Crippen LogP) is 16.4. The summed E-state index contributed by atoms with van der Waals surface area (Å²) in [6.07, 6.45) is 24.6. The summed E-state index contributed by atoms with van der Waals surface area (Å²) in [6.45, 7) is 18.6. The van der Waals surface area contributed by atoms with E-state index in [9.17, 15) is 0 Å². The number of benzene rings is 2. The minimum atomic E-state index is -3.82. The van der Waals surface area contributed by atoms with Gasteiger partial charge in [0.2, 0.25) is 0 Å². The van der Waals surface area contributed by atoms with E-state index in [1.165, 1.54) is 33.6 Å². The van der Waals surface area contributed by atoms with Gasteiger partial charge >= 0.3 is 353 Å². The van der Waals surface area contributed by atoms with Crippen molar-refractivity contribution in [3.8, 4) is 11.4 Å². The third kappa shape index (κ3) is 10.9. The molecule has 0 fully saturated rings. The molecule has 0 radical (unpaired) electrons. The van der Waals surface area contributed by atoms with E-state index in [1.54, 1.807) is 6.20 Å². The molecule has 0 bridgehead atoms. The number of hydrogen-bond acceptors (Lipinski definition) is 1. The van der Waals surface area contributed by atoms with Gasteiger partial charge in [0.25, 0.3) is 0 Å². The molecule has 2 aromatic carbocycles. The van der Waals surface area contributed by atoms with Crippen molar-refractivity contribution in [1.29, 1.82) is 0 Å². The van der Waals surface area contributed by atoms with Gasteiger partial charge in [-0.25, -0.2) is 0 Å². The molecule has 0 N–H and O–H groups in total. The fourth-order valence-corrected chi connectivity index (χ4v) is 15.4. The Balaban J connectivity index is 2.35. The van der Waals surface area contributed by atoms with E-state index >= 15 is 0 Å². The number of pyridine rings is 1. The Bertz CT molecular complexity index is 1660. The van der Waals surface area contributed by atoms with Gasteiger partial charge in [-0.1, -0.05) is 0 Å². The summed E-state index contributed by atoms with van der Waals surface area (Å²) >= 11 is 3.25. The first kappa shape index (κ1) is 46.0. The molecule has 2 heterocycles. The van der Waals surface area contributed by atoms with Crippen LogP contribution in [0.1, 0.15) is 204 Å². The molecule has 4 aromatic rings. The molecule has 7 heteroatoms. The van der Waals surface area contributed by atoms with E-state index in [2.05, 4.69) is 113 Å². The van der Waals surface area contributed by atoms with E-state index in [4.69, 9.17) is 35.6 Å². The Morgan fingerprint density at radius 2 is 0.800 bits per heavy atom. The molecule has 0 aliphatic carbocycles. The Hall–Kier alpha value is -1.67. The Morgan fingerprint density at radius 3 is 1.07 bits per heavy atom. The number of hydrogen-bond donors (Lipinski definition) is 0. The van der Waals surface area contributed by atoms with Gasteiger partial charge in [-0.15, -0.1) is 0 Å². The maximum absolute atomic E-state index is 8.09. The summed E-state index contributed by atoms with van der Waals surface area (Å²) in [5, 5.41) is 0.528. The molecule has 2 aromatic heterocycles. The van der Waals surface area contributed by atoms with Crippen LogP contribution in [0, 0.1) is 3.89 Å². The van der Waals surface area contributed by atoms with E-state index in [0.29, 0.717) is 32.9 Å². The van der Waals surface area contributed by atoms with Crippen molar-refractivity contribution in [2.24, 2.45) is 0 Å². The van der Waals surface area contributed by atoms with Gasteiger partial charge in [0.15, 0.2) is 0 Å². The van der Waals surface area contributed by atoms with Crippen molar-refractivity contribution in [1.82, 2.24) is 14.1 Å². The summed E-state index contributed by atoms with van der Waals surface area (Å²) in [6, 6.07) is 18.0. The molecule has 55 heavy (non-hydrogen) atoms. The van der Waals surface area contributed by atoms with Crippen molar-refractivity contribution in [3.63, 3.8) is 0 Å². The zero-order valence-electron chi connectivity index (χ0n) is 35.3. The molecule has 0 amide bonds. The average molecular weight is 903 g/mol. The fourth-order valence-electron chi connectivity index (χ4n) is 9.09. The van der Waals surface area contributed by atoms with Crippen molar-refractivity contribution in [3.05, 3.63) is 98.3 Å². The van der Waals surface area contributed by atoms with Crippen LogP contribution < -0.4 is 4.17 Å². The second-order valence-corrected chi connectivity index (χ2v) is 24.1. The van der Waals surface area contributed by atoms with Crippen LogP contribution in [0.3, 0.4) is 0 Å².